The first-order valence-electron chi connectivity index (χ1n) is 7.22. The molecular formula is C17H17BrN4O. The molecule has 3 rings (SSSR count). The highest BCUT2D eigenvalue weighted by atomic mass is 79.9. The number of aromatic nitrogens is 2. The number of rotatable bonds is 4. The fourth-order valence-corrected chi connectivity index (χ4v) is 2.75. The van der Waals surface area contributed by atoms with E-state index in [1.165, 1.54) is 0 Å². The van der Waals surface area contributed by atoms with Gasteiger partial charge >= 0.3 is 0 Å². The van der Waals surface area contributed by atoms with E-state index < -0.39 is 0 Å². The van der Waals surface area contributed by atoms with Crippen molar-refractivity contribution < 1.29 is 4.79 Å². The van der Waals surface area contributed by atoms with Gasteiger partial charge in [-0.3, -0.25) is 9.89 Å². The number of halogens is 1. The first-order valence-corrected chi connectivity index (χ1v) is 8.02. The molecule has 0 spiro atoms. The second-order valence-electron chi connectivity index (χ2n) is 5.55. The Kier molecular flexibility index (Phi) is 4.34. The molecule has 2 aromatic carbocycles. The Labute approximate surface area is 142 Å². The third-order valence-corrected chi connectivity index (χ3v) is 4.07. The third kappa shape index (κ3) is 3.53. The molecule has 3 aromatic rings. The van der Waals surface area contributed by atoms with Crippen molar-refractivity contribution in [3.8, 4) is 0 Å². The quantitative estimate of drug-likeness (QED) is 0.735. The van der Waals surface area contributed by atoms with E-state index in [2.05, 4.69) is 31.4 Å². The molecule has 1 amide bonds. The second kappa shape index (κ2) is 6.42. The van der Waals surface area contributed by atoms with Crippen LogP contribution in [0.25, 0.3) is 10.9 Å². The number of hydrogen-bond acceptors (Lipinski definition) is 3. The Morgan fingerprint density at radius 3 is 2.87 bits per heavy atom. The molecule has 5 nitrogen and oxygen atoms in total. The average Bonchev–Trinajstić information content (AvgIpc) is 2.89. The van der Waals surface area contributed by atoms with E-state index in [0.29, 0.717) is 12.2 Å². The number of nitrogens with zero attached hydrogens (tertiary/aromatic N) is 2. The predicted octanol–water partition coefficient (Wildman–Crippen LogP) is 3.57. The minimum Gasteiger partial charge on any atom is -0.378 e. The monoisotopic (exact) mass is 372 g/mol. The summed E-state index contributed by atoms with van der Waals surface area (Å²) < 4.78 is 0.945. The first kappa shape index (κ1) is 15.6. The van der Waals surface area contributed by atoms with Crippen LogP contribution in [0.15, 0.2) is 46.9 Å². The van der Waals surface area contributed by atoms with Gasteiger partial charge in [0.1, 0.15) is 0 Å². The standard InChI is InChI=1S/C17H17BrN4O/c1-22(2)13-5-3-4-11(8-13)9-16(23)19-17-14-10-12(18)6-7-15(14)20-21-17/h3-8,10H,9H2,1-2H3,(H2,19,20,21,23). The van der Waals surface area contributed by atoms with E-state index in [1.807, 2.05) is 61.5 Å². The van der Waals surface area contributed by atoms with Crippen molar-refractivity contribution >= 4 is 44.2 Å². The van der Waals surface area contributed by atoms with E-state index in [-0.39, 0.29) is 5.91 Å². The molecule has 0 radical (unpaired) electrons. The van der Waals surface area contributed by atoms with Crippen LogP contribution in [0.3, 0.4) is 0 Å². The number of benzene rings is 2. The lowest BCUT2D eigenvalue weighted by molar-refractivity contribution is -0.115. The average molecular weight is 373 g/mol. The molecule has 0 unspecified atom stereocenters. The Bertz CT molecular complexity index is 857. The normalized spacial score (nSPS) is 10.7. The fraction of sp³-hybridized carbons (Fsp3) is 0.176. The van der Waals surface area contributed by atoms with Gasteiger partial charge in [-0.25, -0.2) is 0 Å². The van der Waals surface area contributed by atoms with Gasteiger partial charge in [-0.15, -0.1) is 0 Å². The first-order chi connectivity index (χ1) is 11.0. The zero-order valence-corrected chi connectivity index (χ0v) is 14.5. The van der Waals surface area contributed by atoms with Gasteiger partial charge in [-0.1, -0.05) is 28.1 Å². The molecule has 0 atom stereocenters. The zero-order valence-electron chi connectivity index (χ0n) is 12.9. The van der Waals surface area contributed by atoms with Crippen molar-refractivity contribution in [2.45, 2.75) is 6.42 Å². The summed E-state index contributed by atoms with van der Waals surface area (Å²) in [6.45, 7) is 0. The molecule has 2 N–H and O–H groups in total. The molecule has 0 saturated heterocycles. The summed E-state index contributed by atoms with van der Waals surface area (Å²) in [7, 11) is 3.96. The summed E-state index contributed by atoms with van der Waals surface area (Å²) in [6, 6.07) is 13.7. The summed E-state index contributed by atoms with van der Waals surface area (Å²) in [5.41, 5.74) is 2.93. The molecule has 0 bridgehead atoms. The van der Waals surface area contributed by atoms with E-state index in [4.69, 9.17) is 0 Å². The predicted molar refractivity (Wildman–Crippen MR) is 96.9 cm³/mol. The van der Waals surface area contributed by atoms with Crippen LogP contribution in [0.5, 0.6) is 0 Å². The summed E-state index contributed by atoms with van der Waals surface area (Å²) in [6.07, 6.45) is 0.310. The van der Waals surface area contributed by atoms with E-state index in [9.17, 15) is 4.79 Å². The number of aromatic amines is 1. The van der Waals surface area contributed by atoms with Crippen LogP contribution in [-0.2, 0) is 11.2 Å². The number of hydrogen-bond donors (Lipinski definition) is 2. The van der Waals surface area contributed by atoms with Crippen LogP contribution in [0.4, 0.5) is 11.5 Å². The van der Waals surface area contributed by atoms with Gasteiger partial charge in [0.25, 0.3) is 0 Å². The summed E-state index contributed by atoms with van der Waals surface area (Å²) >= 11 is 3.43. The Hall–Kier alpha value is -2.34. The minimum atomic E-state index is -0.0886. The molecule has 0 fully saturated rings. The topological polar surface area (TPSA) is 61.0 Å². The van der Waals surface area contributed by atoms with Gasteiger partial charge < -0.3 is 10.2 Å². The van der Waals surface area contributed by atoms with Crippen molar-refractivity contribution in [3.63, 3.8) is 0 Å². The molecule has 0 aliphatic carbocycles. The molecule has 23 heavy (non-hydrogen) atoms. The van der Waals surface area contributed by atoms with Gasteiger partial charge in [0.15, 0.2) is 5.82 Å². The number of H-pyrrole nitrogens is 1. The van der Waals surface area contributed by atoms with Crippen molar-refractivity contribution in [2.24, 2.45) is 0 Å². The maximum atomic E-state index is 12.3. The van der Waals surface area contributed by atoms with Gasteiger partial charge in [-0.2, -0.15) is 5.10 Å². The van der Waals surface area contributed by atoms with Crippen LogP contribution >= 0.6 is 15.9 Å². The van der Waals surface area contributed by atoms with Crippen molar-refractivity contribution in [1.29, 1.82) is 0 Å². The highest BCUT2D eigenvalue weighted by Crippen LogP contribution is 2.24. The zero-order chi connectivity index (χ0) is 16.4. The summed E-state index contributed by atoms with van der Waals surface area (Å²) in [4.78, 5) is 14.3. The number of anilines is 2. The van der Waals surface area contributed by atoms with E-state index in [1.54, 1.807) is 0 Å². The van der Waals surface area contributed by atoms with E-state index in [0.717, 1.165) is 26.6 Å². The van der Waals surface area contributed by atoms with Crippen molar-refractivity contribution in [3.05, 3.63) is 52.5 Å². The number of carbonyl (C=O) groups excluding carboxylic acids is 1. The molecule has 0 aliphatic rings. The van der Waals surface area contributed by atoms with Crippen molar-refractivity contribution in [2.75, 3.05) is 24.3 Å². The fourth-order valence-electron chi connectivity index (χ4n) is 2.39. The molecule has 0 saturated carbocycles. The largest absolute Gasteiger partial charge is 0.378 e. The molecule has 0 aliphatic heterocycles. The summed E-state index contributed by atoms with van der Waals surface area (Å²) in [5, 5.41) is 10.9. The van der Waals surface area contributed by atoms with E-state index >= 15 is 0 Å². The lowest BCUT2D eigenvalue weighted by Crippen LogP contribution is -2.15. The van der Waals surface area contributed by atoms with Crippen LogP contribution in [0.1, 0.15) is 5.56 Å². The van der Waals surface area contributed by atoms with Gasteiger partial charge in [-0.05, 0) is 35.9 Å². The minimum absolute atomic E-state index is 0.0886. The van der Waals surface area contributed by atoms with Gasteiger partial charge in [0.2, 0.25) is 5.91 Å². The Balaban J connectivity index is 1.76. The number of fused-ring (bicyclic) bond motifs is 1. The van der Waals surface area contributed by atoms with Crippen LogP contribution in [0, 0.1) is 0 Å². The Morgan fingerprint density at radius 1 is 1.26 bits per heavy atom. The Morgan fingerprint density at radius 2 is 2.09 bits per heavy atom. The maximum absolute atomic E-state index is 12.3. The second-order valence-corrected chi connectivity index (χ2v) is 6.47. The van der Waals surface area contributed by atoms with Crippen molar-refractivity contribution in [1.82, 2.24) is 10.2 Å². The van der Waals surface area contributed by atoms with Crippen LogP contribution < -0.4 is 10.2 Å². The number of carbonyl (C=O) groups is 1. The van der Waals surface area contributed by atoms with Gasteiger partial charge in [0.05, 0.1) is 11.9 Å². The maximum Gasteiger partial charge on any atom is 0.230 e. The number of nitrogens with one attached hydrogen (secondary N) is 2. The van der Waals surface area contributed by atoms with Gasteiger partial charge in [0, 0.05) is 29.6 Å². The number of amides is 1. The smallest absolute Gasteiger partial charge is 0.230 e. The lowest BCUT2D eigenvalue weighted by Gasteiger charge is -2.13. The molecule has 118 valence electrons. The molecule has 1 heterocycles. The molecular weight excluding hydrogens is 356 g/mol. The molecule has 1 aromatic heterocycles. The molecule has 6 heteroatoms. The lowest BCUT2D eigenvalue weighted by atomic mass is 10.1. The SMILES string of the molecule is CN(C)c1cccc(CC(=O)Nc2n[nH]c3ccc(Br)cc23)c1. The third-order valence-electron chi connectivity index (χ3n) is 3.57. The highest BCUT2D eigenvalue weighted by molar-refractivity contribution is 9.10. The summed E-state index contributed by atoms with van der Waals surface area (Å²) in [5.74, 6) is 0.462. The van der Waals surface area contributed by atoms with Crippen LogP contribution in [0.2, 0.25) is 0 Å². The highest BCUT2D eigenvalue weighted by Gasteiger charge is 2.11. The van der Waals surface area contributed by atoms with Crippen LogP contribution in [-0.4, -0.2) is 30.2 Å².